The van der Waals surface area contributed by atoms with Gasteiger partial charge in [-0.25, -0.2) is 0 Å². The molecule has 7 nitrogen and oxygen atoms in total. The topological polar surface area (TPSA) is 127 Å². The zero-order chi connectivity index (χ0) is 12.7. The molecule has 0 aliphatic carbocycles. The minimum Gasteiger partial charge on any atom is -0.394 e. The lowest BCUT2D eigenvalue weighted by Crippen LogP contribution is -2.73. The van der Waals surface area contributed by atoms with E-state index in [2.05, 4.69) is 15.9 Å². The second kappa shape index (κ2) is 4.30. The van der Waals surface area contributed by atoms with Crippen molar-refractivity contribution in [3.63, 3.8) is 0 Å². The van der Waals surface area contributed by atoms with Gasteiger partial charge in [-0.1, -0.05) is 0 Å². The fourth-order valence-corrected chi connectivity index (χ4v) is 2.32. The number of aliphatic hydroxyl groups excluding tert-OH is 3. The third kappa shape index (κ3) is 1.80. The van der Waals surface area contributed by atoms with Crippen LogP contribution >= 0.6 is 15.9 Å². The Morgan fingerprint density at radius 1 is 1.44 bits per heavy atom. The molecule has 1 aliphatic rings. The number of aliphatic hydroxyl groups is 5. The third-order valence-corrected chi connectivity index (χ3v) is 3.42. The van der Waals surface area contributed by atoms with Gasteiger partial charge in [-0.15, -0.1) is 0 Å². The van der Waals surface area contributed by atoms with Crippen molar-refractivity contribution in [3.05, 3.63) is 0 Å². The smallest absolute Gasteiger partial charge is 0.264 e. The average molecular weight is 301 g/mol. The Bertz CT molecular complexity index is 294. The van der Waals surface area contributed by atoms with Crippen molar-refractivity contribution in [1.82, 2.24) is 0 Å². The lowest BCUT2D eigenvalue weighted by Gasteiger charge is -2.48. The molecule has 1 heterocycles. The largest absolute Gasteiger partial charge is 0.394 e. The second-order valence-electron chi connectivity index (χ2n) is 3.66. The van der Waals surface area contributed by atoms with E-state index in [1.54, 1.807) is 0 Å². The maximum atomic E-state index is 11.2. The highest BCUT2D eigenvalue weighted by atomic mass is 79.9. The van der Waals surface area contributed by atoms with Gasteiger partial charge in [-0.05, 0) is 22.9 Å². The standard InChI is InChI=1S/C8H13BrO7/c1-3(11)7(14)6(13)5(12)4(2-10)16-8(7,9)15/h4-6,10,12-15H,2H2,1H3/t4-,5+,6+,7-,8-/m1/s1. The fourth-order valence-electron chi connectivity index (χ4n) is 1.56. The molecule has 0 aromatic rings. The van der Waals surface area contributed by atoms with Crippen LogP contribution < -0.4 is 0 Å². The molecule has 0 bridgehead atoms. The van der Waals surface area contributed by atoms with Gasteiger partial charge in [0.15, 0.2) is 5.78 Å². The number of halogens is 1. The molecule has 0 saturated carbocycles. The summed E-state index contributed by atoms with van der Waals surface area (Å²) in [5, 5.41) is 47.5. The van der Waals surface area contributed by atoms with E-state index in [1.807, 2.05) is 0 Å². The van der Waals surface area contributed by atoms with Crippen LogP contribution in [0.25, 0.3) is 0 Å². The maximum Gasteiger partial charge on any atom is 0.264 e. The molecule has 1 fully saturated rings. The number of carbonyl (C=O) groups is 1. The minimum absolute atomic E-state index is 0.694. The van der Waals surface area contributed by atoms with E-state index >= 15 is 0 Å². The highest BCUT2D eigenvalue weighted by Crippen LogP contribution is 2.41. The fraction of sp³-hybridized carbons (Fsp3) is 0.875. The van der Waals surface area contributed by atoms with Gasteiger partial charge in [0.25, 0.3) is 4.70 Å². The van der Waals surface area contributed by atoms with Crippen molar-refractivity contribution in [3.8, 4) is 0 Å². The number of Topliss-reactive ketones (excluding diaryl/α,β-unsaturated/α-hetero) is 1. The van der Waals surface area contributed by atoms with Crippen LogP contribution in [-0.2, 0) is 9.53 Å². The van der Waals surface area contributed by atoms with E-state index in [9.17, 15) is 25.2 Å². The molecule has 0 radical (unpaired) electrons. The van der Waals surface area contributed by atoms with E-state index in [4.69, 9.17) is 9.84 Å². The Morgan fingerprint density at radius 3 is 2.31 bits per heavy atom. The first kappa shape index (κ1) is 14.0. The Morgan fingerprint density at radius 2 is 1.94 bits per heavy atom. The summed E-state index contributed by atoms with van der Waals surface area (Å²) >= 11 is 2.54. The van der Waals surface area contributed by atoms with Gasteiger partial charge in [-0.3, -0.25) is 4.79 Å². The van der Waals surface area contributed by atoms with Crippen LogP contribution in [0.15, 0.2) is 0 Å². The lowest BCUT2D eigenvalue weighted by atomic mass is 9.83. The Labute approximate surface area is 99.4 Å². The molecular weight excluding hydrogens is 288 g/mol. The van der Waals surface area contributed by atoms with Crippen molar-refractivity contribution in [2.45, 2.75) is 35.5 Å². The first-order valence-electron chi connectivity index (χ1n) is 4.48. The zero-order valence-corrected chi connectivity index (χ0v) is 9.96. The van der Waals surface area contributed by atoms with E-state index in [1.165, 1.54) is 0 Å². The third-order valence-electron chi connectivity index (χ3n) is 2.63. The average Bonchev–Trinajstić information content (AvgIpc) is 2.20. The number of hydrogen-bond donors (Lipinski definition) is 5. The monoisotopic (exact) mass is 300 g/mol. The molecule has 1 saturated heterocycles. The van der Waals surface area contributed by atoms with Crippen molar-refractivity contribution in [2.75, 3.05) is 6.61 Å². The Kier molecular flexibility index (Phi) is 3.75. The van der Waals surface area contributed by atoms with E-state index in [-0.39, 0.29) is 0 Å². The first-order chi connectivity index (χ1) is 7.18. The molecule has 1 rings (SSSR count). The predicted octanol–water partition coefficient (Wildman–Crippen LogP) is -2.54. The van der Waals surface area contributed by atoms with Gasteiger partial charge in [-0.2, -0.15) is 0 Å². The van der Waals surface area contributed by atoms with E-state index < -0.39 is 41.0 Å². The molecule has 5 atom stereocenters. The molecule has 1 aliphatic heterocycles. The number of rotatable bonds is 2. The van der Waals surface area contributed by atoms with Crippen LogP contribution in [-0.4, -0.2) is 66.5 Å². The van der Waals surface area contributed by atoms with Crippen molar-refractivity contribution >= 4 is 21.7 Å². The number of alkyl halides is 1. The Balaban J connectivity index is 3.15. The van der Waals surface area contributed by atoms with Gasteiger partial charge in [0.2, 0.25) is 5.60 Å². The van der Waals surface area contributed by atoms with Crippen molar-refractivity contribution in [1.29, 1.82) is 0 Å². The summed E-state index contributed by atoms with van der Waals surface area (Å²) in [7, 11) is 0. The van der Waals surface area contributed by atoms with Gasteiger partial charge in [0.05, 0.1) is 6.61 Å². The molecule has 5 N–H and O–H groups in total. The molecule has 0 aromatic carbocycles. The quantitative estimate of drug-likeness (QED) is 0.356. The molecule has 16 heavy (non-hydrogen) atoms. The van der Waals surface area contributed by atoms with Crippen LogP contribution in [0.1, 0.15) is 6.92 Å². The summed E-state index contributed by atoms with van der Waals surface area (Å²) in [6.45, 7) is 0.227. The second-order valence-corrected chi connectivity index (χ2v) is 4.73. The van der Waals surface area contributed by atoms with Gasteiger partial charge < -0.3 is 30.3 Å². The number of ketones is 1. The van der Waals surface area contributed by atoms with Gasteiger partial charge >= 0.3 is 0 Å². The van der Waals surface area contributed by atoms with Crippen molar-refractivity contribution < 1.29 is 35.1 Å². The highest BCUT2D eigenvalue weighted by Gasteiger charge is 2.65. The number of hydrogen-bond acceptors (Lipinski definition) is 7. The molecule has 0 unspecified atom stereocenters. The molecular formula is C8H13BrO7. The highest BCUT2D eigenvalue weighted by molar-refractivity contribution is 9.10. The SMILES string of the molecule is CC(=O)[C@@]1(O)[C@@H](O)[C@@H](O)[C@@H](CO)O[C@@]1(O)Br. The Hall–Kier alpha value is -0.0900. The molecule has 0 aromatic heterocycles. The van der Waals surface area contributed by atoms with E-state index in [0.717, 1.165) is 6.92 Å². The maximum absolute atomic E-state index is 11.2. The number of carbonyl (C=O) groups excluding carboxylic acids is 1. The summed E-state index contributed by atoms with van der Waals surface area (Å²) < 4.78 is 2.15. The van der Waals surface area contributed by atoms with Crippen LogP contribution in [0.5, 0.6) is 0 Å². The van der Waals surface area contributed by atoms with Crippen LogP contribution in [0, 0.1) is 0 Å². The van der Waals surface area contributed by atoms with Gasteiger partial charge in [0.1, 0.15) is 18.3 Å². The van der Waals surface area contributed by atoms with E-state index in [0.29, 0.717) is 0 Å². The van der Waals surface area contributed by atoms with Gasteiger partial charge in [0, 0.05) is 0 Å². The molecule has 94 valence electrons. The minimum atomic E-state index is -2.71. The van der Waals surface area contributed by atoms with Crippen LogP contribution in [0.2, 0.25) is 0 Å². The lowest BCUT2D eigenvalue weighted by molar-refractivity contribution is -0.330. The summed E-state index contributed by atoms with van der Waals surface area (Å²) in [4.78, 5) is 11.2. The summed E-state index contributed by atoms with van der Waals surface area (Å²) in [5.74, 6) is -0.991. The molecule has 8 heteroatoms. The normalized spacial score (nSPS) is 49.1. The van der Waals surface area contributed by atoms with Crippen LogP contribution in [0.4, 0.5) is 0 Å². The number of ether oxygens (including phenoxy) is 1. The molecule has 0 amide bonds. The first-order valence-corrected chi connectivity index (χ1v) is 5.27. The zero-order valence-electron chi connectivity index (χ0n) is 8.37. The summed E-state index contributed by atoms with van der Waals surface area (Å²) in [6, 6.07) is 0. The van der Waals surface area contributed by atoms with Crippen LogP contribution in [0.3, 0.4) is 0 Å². The van der Waals surface area contributed by atoms with Crippen molar-refractivity contribution in [2.24, 2.45) is 0 Å². The summed E-state index contributed by atoms with van der Waals surface area (Å²) in [6.07, 6.45) is -5.00. The summed E-state index contributed by atoms with van der Waals surface area (Å²) in [5.41, 5.74) is -2.71. The predicted molar refractivity (Wildman–Crippen MR) is 53.5 cm³/mol. The molecule has 0 spiro atoms.